The first-order chi connectivity index (χ1) is 15.4. The fourth-order valence-corrected chi connectivity index (χ4v) is 3.94. The molecule has 1 aromatic carbocycles. The predicted molar refractivity (Wildman–Crippen MR) is 123 cm³/mol. The normalized spacial score (nSPS) is 18.1. The van der Waals surface area contributed by atoms with E-state index in [0.29, 0.717) is 24.4 Å². The second-order valence-electron chi connectivity index (χ2n) is 7.99. The van der Waals surface area contributed by atoms with E-state index in [1.807, 2.05) is 38.1 Å². The first kappa shape index (κ1) is 23.5. The van der Waals surface area contributed by atoms with Crippen LogP contribution in [0.15, 0.2) is 54.4 Å². The van der Waals surface area contributed by atoms with Gasteiger partial charge in [-0.1, -0.05) is 26.0 Å². The summed E-state index contributed by atoms with van der Waals surface area (Å²) in [6, 6.07) is 9.91. The number of benzene rings is 1. The van der Waals surface area contributed by atoms with Gasteiger partial charge < -0.3 is 19.6 Å². The minimum absolute atomic E-state index is 0.0175. The summed E-state index contributed by atoms with van der Waals surface area (Å²) in [6.45, 7) is 10.7. The molecule has 0 bridgehead atoms. The molecular formula is C25H31N3O4. The van der Waals surface area contributed by atoms with Gasteiger partial charge in [0.15, 0.2) is 0 Å². The number of amides is 1. The van der Waals surface area contributed by atoms with Gasteiger partial charge in [0.05, 0.1) is 17.7 Å². The van der Waals surface area contributed by atoms with Gasteiger partial charge in [0.25, 0.3) is 11.7 Å². The average molecular weight is 438 g/mol. The number of rotatable bonds is 9. The van der Waals surface area contributed by atoms with Crippen LogP contribution in [0.25, 0.3) is 5.76 Å². The number of aliphatic hydroxyl groups is 1. The van der Waals surface area contributed by atoms with E-state index < -0.39 is 17.7 Å². The number of hydrogen-bond donors (Lipinski definition) is 1. The topological polar surface area (TPSA) is 83.0 Å². The summed E-state index contributed by atoms with van der Waals surface area (Å²) in [5, 5.41) is 11.1. The third kappa shape index (κ3) is 4.99. The zero-order valence-corrected chi connectivity index (χ0v) is 19.1. The van der Waals surface area contributed by atoms with Gasteiger partial charge in [0.1, 0.15) is 11.5 Å². The van der Waals surface area contributed by atoms with E-state index in [1.165, 1.54) is 12.4 Å². The summed E-state index contributed by atoms with van der Waals surface area (Å²) in [5.74, 6) is -0.834. The molecule has 1 atom stereocenters. The van der Waals surface area contributed by atoms with Crippen LogP contribution >= 0.6 is 0 Å². The number of aromatic nitrogens is 1. The number of nitrogens with zero attached hydrogens (tertiary/aromatic N) is 3. The van der Waals surface area contributed by atoms with Gasteiger partial charge in [-0.3, -0.25) is 14.6 Å². The maximum absolute atomic E-state index is 13.1. The minimum Gasteiger partial charge on any atom is -0.507 e. The van der Waals surface area contributed by atoms with E-state index in [9.17, 15) is 14.7 Å². The van der Waals surface area contributed by atoms with Gasteiger partial charge in [-0.2, -0.15) is 0 Å². The molecule has 1 aliphatic heterocycles. The number of carbonyl (C=O) groups is 2. The van der Waals surface area contributed by atoms with Crippen LogP contribution in [-0.2, 0) is 9.59 Å². The maximum atomic E-state index is 13.1. The van der Waals surface area contributed by atoms with Gasteiger partial charge in [0.2, 0.25) is 0 Å². The molecule has 3 rings (SSSR count). The van der Waals surface area contributed by atoms with Crippen molar-refractivity contribution in [1.29, 1.82) is 0 Å². The van der Waals surface area contributed by atoms with Gasteiger partial charge in [-0.15, -0.1) is 0 Å². The van der Waals surface area contributed by atoms with Crippen LogP contribution < -0.4 is 4.74 Å². The predicted octanol–water partition coefficient (Wildman–Crippen LogP) is 3.63. The standard InChI is InChI=1S/C25H31N3O4/c1-5-27(6-2)14-15-28-22(19-8-7-9-20(16-19)32-17(3)4)21(24(30)25(28)31)23(29)18-10-12-26-13-11-18/h7-13,16-17,22,29H,5-6,14-15H2,1-4H3/b23-21-. The zero-order valence-electron chi connectivity index (χ0n) is 19.1. The van der Waals surface area contributed by atoms with E-state index in [2.05, 4.69) is 23.7 Å². The molecule has 1 aromatic heterocycles. The molecule has 1 unspecified atom stereocenters. The number of likely N-dealkylation sites (tertiary alicyclic amines) is 1. The molecule has 2 heterocycles. The van der Waals surface area contributed by atoms with Crippen molar-refractivity contribution in [2.24, 2.45) is 0 Å². The van der Waals surface area contributed by atoms with Crippen LogP contribution in [0.3, 0.4) is 0 Å². The fourth-order valence-electron chi connectivity index (χ4n) is 3.94. The Kier molecular flexibility index (Phi) is 7.64. The molecule has 1 saturated heterocycles. The number of ketones is 1. The number of Topliss-reactive ketones (excluding diaryl/α,β-unsaturated/α-hetero) is 1. The molecule has 0 saturated carbocycles. The Bertz CT molecular complexity index is 984. The van der Waals surface area contributed by atoms with E-state index >= 15 is 0 Å². The highest BCUT2D eigenvalue weighted by molar-refractivity contribution is 6.46. The average Bonchev–Trinajstić information content (AvgIpc) is 3.04. The highest BCUT2D eigenvalue weighted by Gasteiger charge is 2.46. The van der Waals surface area contributed by atoms with Crippen molar-refractivity contribution in [2.75, 3.05) is 26.2 Å². The van der Waals surface area contributed by atoms with E-state index in [1.54, 1.807) is 17.0 Å². The van der Waals surface area contributed by atoms with Crippen LogP contribution in [0.4, 0.5) is 0 Å². The van der Waals surface area contributed by atoms with Crippen molar-refractivity contribution in [1.82, 2.24) is 14.8 Å². The first-order valence-electron chi connectivity index (χ1n) is 11.0. The molecule has 2 aromatic rings. The number of pyridine rings is 1. The molecule has 32 heavy (non-hydrogen) atoms. The lowest BCUT2D eigenvalue weighted by molar-refractivity contribution is -0.140. The van der Waals surface area contributed by atoms with Gasteiger partial charge in [-0.25, -0.2) is 0 Å². The summed E-state index contributed by atoms with van der Waals surface area (Å²) in [4.78, 5) is 33.9. The SMILES string of the molecule is CCN(CC)CCN1C(=O)C(=O)/C(=C(\O)c2ccncc2)C1c1cccc(OC(C)C)c1. The third-order valence-corrected chi connectivity index (χ3v) is 5.59. The van der Waals surface area contributed by atoms with Crippen molar-refractivity contribution in [3.63, 3.8) is 0 Å². The van der Waals surface area contributed by atoms with Crippen molar-refractivity contribution < 1.29 is 19.4 Å². The summed E-state index contributed by atoms with van der Waals surface area (Å²) in [7, 11) is 0. The Hall–Kier alpha value is -3.19. The van der Waals surface area contributed by atoms with Gasteiger partial charge >= 0.3 is 0 Å². The van der Waals surface area contributed by atoms with E-state index in [-0.39, 0.29) is 17.4 Å². The molecule has 7 nitrogen and oxygen atoms in total. The quantitative estimate of drug-likeness (QED) is 0.366. The smallest absolute Gasteiger partial charge is 0.295 e. The van der Waals surface area contributed by atoms with Crippen LogP contribution in [0.5, 0.6) is 5.75 Å². The first-order valence-corrected chi connectivity index (χ1v) is 11.0. The maximum Gasteiger partial charge on any atom is 0.295 e. The third-order valence-electron chi connectivity index (χ3n) is 5.59. The summed E-state index contributed by atoms with van der Waals surface area (Å²) in [6.07, 6.45) is 3.06. The number of aliphatic hydroxyl groups excluding tert-OH is 1. The summed E-state index contributed by atoms with van der Waals surface area (Å²) in [5.41, 5.74) is 1.25. The van der Waals surface area contributed by atoms with Crippen LogP contribution in [0, 0.1) is 0 Å². The highest BCUT2D eigenvalue weighted by Crippen LogP contribution is 2.40. The van der Waals surface area contributed by atoms with Crippen molar-refractivity contribution in [3.05, 3.63) is 65.5 Å². The largest absolute Gasteiger partial charge is 0.507 e. The number of hydrogen-bond acceptors (Lipinski definition) is 6. The van der Waals surface area contributed by atoms with Crippen molar-refractivity contribution >= 4 is 17.4 Å². The molecule has 170 valence electrons. The molecule has 1 fully saturated rings. The van der Waals surface area contributed by atoms with Gasteiger partial charge in [-0.05, 0) is 56.8 Å². The fraction of sp³-hybridized carbons (Fsp3) is 0.400. The molecule has 1 amide bonds. The summed E-state index contributed by atoms with van der Waals surface area (Å²) < 4.78 is 5.83. The van der Waals surface area contributed by atoms with Crippen molar-refractivity contribution in [3.8, 4) is 5.75 Å². The molecule has 0 aliphatic carbocycles. The molecular weight excluding hydrogens is 406 g/mol. The summed E-state index contributed by atoms with van der Waals surface area (Å²) >= 11 is 0. The lowest BCUT2D eigenvalue weighted by Gasteiger charge is -2.28. The van der Waals surface area contributed by atoms with E-state index in [4.69, 9.17) is 4.74 Å². The molecule has 7 heteroatoms. The second-order valence-corrected chi connectivity index (χ2v) is 7.99. The van der Waals surface area contributed by atoms with Crippen molar-refractivity contribution in [2.45, 2.75) is 39.8 Å². The number of ether oxygens (including phenoxy) is 1. The van der Waals surface area contributed by atoms with Gasteiger partial charge in [0, 0.05) is 31.0 Å². The molecule has 0 radical (unpaired) electrons. The second kappa shape index (κ2) is 10.4. The number of likely N-dealkylation sites (N-methyl/N-ethyl adjacent to an activating group) is 1. The lowest BCUT2D eigenvalue weighted by Crippen LogP contribution is -2.38. The Labute approximate surface area is 189 Å². The Morgan fingerprint density at radius 2 is 1.84 bits per heavy atom. The van der Waals surface area contributed by atoms with Crippen LogP contribution in [-0.4, -0.2) is 63.9 Å². The van der Waals surface area contributed by atoms with E-state index in [0.717, 1.165) is 18.7 Å². The monoisotopic (exact) mass is 437 g/mol. The highest BCUT2D eigenvalue weighted by atomic mass is 16.5. The molecule has 1 N–H and O–H groups in total. The Morgan fingerprint density at radius 3 is 2.47 bits per heavy atom. The number of carbonyl (C=O) groups excluding carboxylic acids is 2. The molecule has 1 aliphatic rings. The van der Waals surface area contributed by atoms with Crippen LogP contribution in [0.2, 0.25) is 0 Å². The lowest BCUT2D eigenvalue weighted by atomic mass is 9.95. The molecule has 0 spiro atoms. The Balaban J connectivity index is 2.09. The Morgan fingerprint density at radius 1 is 1.16 bits per heavy atom. The minimum atomic E-state index is -0.700. The van der Waals surface area contributed by atoms with Crippen LogP contribution in [0.1, 0.15) is 44.9 Å². The zero-order chi connectivity index (χ0) is 23.3.